The van der Waals surface area contributed by atoms with Gasteiger partial charge in [0.2, 0.25) is 0 Å². The first kappa shape index (κ1) is 11.6. The molecular formula is C4H10O4S3. The Hall–Kier alpha value is 0.570. The molecule has 0 spiro atoms. The van der Waals surface area contributed by atoms with Crippen LogP contribution in [0, 0.1) is 5.92 Å². The molecule has 1 N–H and O–H groups in total. The van der Waals surface area contributed by atoms with E-state index < -0.39 is 18.1 Å². The van der Waals surface area contributed by atoms with Crippen molar-refractivity contribution in [3.8, 4) is 0 Å². The summed E-state index contributed by atoms with van der Waals surface area (Å²) in [5.41, 5.74) is 0. The molecule has 0 aliphatic heterocycles. The molecule has 68 valence electrons. The molecule has 0 aliphatic rings. The highest BCUT2D eigenvalue weighted by Crippen LogP contribution is 2.18. The maximum atomic E-state index is 10.9. The Kier molecular flexibility index (Phi) is 4.80. The van der Waals surface area contributed by atoms with Crippen molar-refractivity contribution in [1.82, 2.24) is 0 Å². The van der Waals surface area contributed by atoms with Crippen LogP contribution in [0.5, 0.6) is 0 Å². The normalized spacial score (nSPS) is 15.4. The van der Waals surface area contributed by atoms with Crippen LogP contribution in [0.4, 0.5) is 0 Å². The minimum absolute atomic E-state index is 0.0731. The van der Waals surface area contributed by atoms with Crippen molar-refractivity contribution in [3.63, 3.8) is 0 Å². The summed E-state index contributed by atoms with van der Waals surface area (Å²) in [6, 6.07) is 0. The van der Waals surface area contributed by atoms with E-state index in [1.165, 1.54) is 0 Å². The first-order valence-electron chi connectivity index (χ1n) is 2.87. The molecule has 0 aromatic rings. The predicted molar refractivity (Wildman–Crippen MR) is 47.0 cm³/mol. The average Bonchev–Trinajstić information content (AvgIpc) is 1.83. The second kappa shape index (κ2) is 4.56. The van der Waals surface area contributed by atoms with Crippen LogP contribution in [0.2, 0.25) is 0 Å². The molecule has 0 bridgehead atoms. The van der Waals surface area contributed by atoms with Gasteiger partial charge in [0.05, 0.1) is 5.75 Å². The van der Waals surface area contributed by atoms with Gasteiger partial charge < -0.3 is 4.55 Å². The SMILES string of the molecule is CC(C)CS(=O)(=O)[S+]([O-])SO. The summed E-state index contributed by atoms with van der Waals surface area (Å²) >= 11 is -0.142. The Morgan fingerprint density at radius 3 is 2.36 bits per heavy atom. The largest absolute Gasteiger partial charge is 0.588 e. The van der Waals surface area contributed by atoms with Crippen LogP contribution in [0.1, 0.15) is 13.8 Å². The molecule has 0 amide bonds. The lowest BCUT2D eigenvalue weighted by Crippen LogP contribution is -2.18. The van der Waals surface area contributed by atoms with Gasteiger partial charge in [-0.05, 0) is 5.92 Å². The molecule has 0 rings (SSSR count). The molecule has 7 heteroatoms. The first-order valence-corrected chi connectivity index (χ1v) is 7.48. The zero-order chi connectivity index (χ0) is 9.07. The summed E-state index contributed by atoms with van der Waals surface area (Å²) in [5, 5.41) is 0. The molecule has 0 heterocycles. The van der Waals surface area contributed by atoms with Crippen LogP contribution in [-0.4, -0.2) is 23.3 Å². The summed E-state index contributed by atoms with van der Waals surface area (Å²) in [7, 11) is -5.84. The highest BCUT2D eigenvalue weighted by atomic mass is 33.6. The van der Waals surface area contributed by atoms with E-state index in [0.29, 0.717) is 0 Å². The third kappa shape index (κ3) is 4.22. The van der Waals surface area contributed by atoms with Crippen LogP contribution in [0.25, 0.3) is 0 Å². The Bertz CT molecular complexity index is 197. The summed E-state index contributed by atoms with van der Waals surface area (Å²) < 4.78 is 40.6. The van der Waals surface area contributed by atoms with Gasteiger partial charge in [-0.3, -0.25) is 4.55 Å². The lowest BCUT2D eigenvalue weighted by Gasteiger charge is -2.06. The molecule has 0 aromatic carbocycles. The summed E-state index contributed by atoms with van der Waals surface area (Å²) in [6.07, 6.45) is 0. The molecule has 0 radical (unpaired) electrons. The van der Waals surface area contributed by atoms with Crippen LogP contribution in [0.15, 0.2) is 0 Å². The first-order chi connectivity index (χ1) is 4.90. The van der Waals surface area contributed by atoms with Crippen molar-refractivity contribution in [1.29, 1.82) is 0 Å². The second-order valence-corrected chi connectivity index (χ2v) is 8.82. The highest BCUT2D eigenvalue weighted by molar-refractivity contribution is 9.00. The molecule has 0 aromatic heterocycles. The lowest BCUT2D eigenvalue weighted by molar-refractivity contribution is 0.579. The summed E-state index contributed by atoms with van der Waals surface area (Å²) in [4.78, 5) is 0. The fraction of sp³-hybridized carbons (Fsp3) is 1.00. The van der Waals surface area contributed by atoms with Crippen LogP contribution in [0.3, 0.4) is 0 Å². The Morgan fingerprint density at radius 2 is 2.09 bits per heavy atom. The van der Waals surface area contributed by atoms with Crippen LogP contribution < -0.4 is 0 Å². The van der Waals surface area contributed by atoms with Crippen molar-refractivity contribution in [2.45, 2.75) is 13.8 Å². The zero-order valence-corrected chi connectivity index (χ0v) is 8.63. The van der Waals surface area contributed by atoms with E-state index >= 15 is 0 Å². The van der Waals surface area contributed by atoms with Gasteiger partial charge in [0.15, 0.2) is 9.24 Å². The standard InChI is InChI=1S/C4H10O4S3/c1-4(2)3-11(7,8)10(6)9-5/h4-5H,3H2,1-2H3. The van der Waals surface area contributed by atoms with Gasteiger partial charge in [-0.15, -0.1) is 0 Å². The van der Waals surface area contributed by atoms with Gasteiger partial charge in [-0.25, -0.2) is 0 Å². The van der Waals surface area contributed by atoms with Gasteiger partial charge in [0.1, 0.15) is 0 Å². The molecule has 11 heavy (non-hydrogen) atoms. The third-order valence-corrected chi connectivity index (χ3v) is 6.85. The molecule has 0 fully saturated rings. The predicted octanol–water partition coefficient (Wildman–Crippen LogP) is 0.842. The van der Waals surface area contributed by atoms with Gasteiger partial charge in [0.25, 0.3) is 11.1 Å². The fourth-order valence-electron chi connectivity index (χ4n) is 0.510. The van der Waals surface area contributed by atoms with Crippen molar-refractivity contribution >= 4 is 29.2 Å². The fourth-order valence-corrected chi connectivity index (χ4v) is 4.29. The Balaban J connectivity index is 4.23. The minimum Gasteiger partial charge on any atom is -0.588 e. The van der Waals surface area contributed by atoms with Crippen LogP contribution >= 0.6 is 11.1 Å². The van der Waals surface area contributed by atoms with E-state index in [-0.39, 0.29) is 22.7 Å². The van der Waals surface area contributed by atoms with Gasteiger partial charge in [-0.2, -0.15) is 8.42 Å². The molecule has 0 saturated heterocycles. The maximum Gasteiger partial charge on any atom is 0.327 e. The van der Waals surface area contributed by atoms with E-state index in [1.54, 1.807) is 13.8 Å². The molecule has 1 atom stereocenters. The quantitative estimate of drug-likeness (QED) is 0.430. The molecular weight excluding hydrogens is 208 g/mol. The van der Waals surface area contributed by atoms with E-state index in [4.69, 9.17) is 4.55 Å². The molecule has 0 aliphatic carbocycles. The number of hydrogen-bond donors (Lipinski definition) is 1. The minimum atomic E-state index is -3.62. The van der Waals surface area contributed by atoms with Gasteiger partial charge >= 0.3 is 8.87 Å². The summed E-state index contributed by atoms with van der Waals surface area (Å²) in [6.45, 7) is 3.41. The van der Waals surface area contributed by atoms with Crippen molar-refractivity contribution in [2.75, 3.05) is 5.75 Å². The average molecular weight is 218 g/mol. The van der Waals surface area contributed by atoms with Gasteiger partial charge in [-0.1, -0.05) is 13.8 Å². The van der Waals surface area contributed by atoms with Gasteiger partial charge in [0, 0.05) is 0 Å². The Morgan fingerprint density at radius 1 is 1.64 bits per heavy atom. The second-order valence-electron chi connectivity index (χ2n) is 2.40. The smallest absolute Gasteiger partial charge is 0.327 e. The summed E-state index contributed by atoms with van der Waals surface area (Å²) in [5.74, 6) is -0.233. The van der Waals surface area contributed by atoms with E-state index in [9.17, 15) is 13.0 Å². The monoisotopic (exact) mass is 218 g/mol. The number of hydrogen-bond acceptors (Lipinski definition) is 5. The lowest BCUT2D eigenvalue weighted by atomic mass is 10.3. The van der Waals surface area contributed by atoms with E-state index in [2.05, 4.69) is 0 Å². The van der Waals surface area contributed by atoms with E-state index in [0.717, 1.165) is 0 Å². The number of rotatable bonds is 4. The highest BCUT2D eigenvalue weighted by Gasteiger charge is 2.29. The maximum absolute atomic E-state index is 10.9. The van der Waals surface area contributed by atoms with Crippen molar-refractivity contribution < 1.29 is 17.5 Å². The third-order valence-electron chi connectivity index (χ3n) is 0.806. The van der Waals surface area contributed by atoms with Crippen molar-refractivity contribution in [2.24, 2.45) is 5.92 Å². The zero-order valence-electron chi connectivity index (χ0n) is 6.18. The van der Waals surface area contributed by atoms with E-state index in [1.807, 2.05) is 0 Å². The van der Waals surface area contributed by atoms with Crippen molar-refractivity contribution in [3.05, 3.63) is 0 Å². The molecule has 1 unspecified atom stereocenters. The topological polar surface area (TPSA) is 77.4 Å². The Labute approximate surface area is 72.5 Å². The van der Waals surface area contributed by atoms with Crippen LogP contribution in [-0.2, 0) is 18.1 Å². The molecule has 0 saturated carbocycles. The molecule has 4 nitrogen and oxygen atoms in total.